The number of anilines is 1. The van der Waals surface area contributed by atoms with Crippen LogP contribution >= 0.6 is 0 Å². The van der Waals surface area contributed by atoms with Gasteiger partial charge in [0.15, 0.2) is 0 Å². The lowest BCUT2D eigenvalue weighted by Gasteiger charge is -2.18. The normalized spacial score (nSPS) is 12.6. The van der Waals surface area contributed by atoms with E-state index < -0.39 is 0 Å². The van der Waals surface area contributed by atoms with Gasteiger partial charge < -0.3 is 20.4 Å². The molecule has 0 saturated heterocycles. The number of aromatic nitrogens is 2. The van der Waals surface area contributed by atoms with Gasteiger partial charge in [0.05, 0.1) is 6.04 Å². The van der Waals surface area contributed by atoms with Gasteiger partial charge in [0.1, 0.15) is 6.54 Å². The molecule has 0 aromatic carbocycles. The Balaban J connectivity index is 2.67. The summed E-state index contributed by atoms with van der Waals surface area (Å²) in [6, 6.07) is 0.122. The van der Waals surface area contributed by atoms with E-state index in [0.29, 0.717) is 18.5 Å². The Morgan fingerprint density at radius 2 is 2.11 bits per heavy atom. The Bertz CT molecular complexity index is 389. The Hall–Kier alpha value is -1.63. The lowest BCUT2D eigenvalue weighted by atomic mass is 10.4. The van der Waals surface area contributed by atoms with Gasteiger partial charge in [-0.1, -0.05) is 5.10 Å². The maximum absolute atomic E-state index is 11.7. The van der Waals surface area contributed by atoms with Crippen LogP contribution in [0.1, 0.15) is 39.6 Å². The number of hydrogen-bond acceptors (Lipinski definition) is 6. The van der Waals surface area contributed by atoms with E-state index in [1.165, 1.54) is 0 Å². The van der Waals surface area contributed by atoms with Crippen LogP contribution in [0.5, 0.6) is 0 Å². The summed E-state index contributed by atoms with van der Waals surface area (Å²) in [6.07, 6.45) is 0. The third kappa shape index (κ3) is 3.99. The molecule has 1 aromatic heterocycles. The molecule has 0 aliphatic heterocycles. The minimum atomic E-state index is -0.311. The number of rotatable bonds is 6. The number of hydrogen-bond donors (Lipinski definition) is 2. The molecule has 1 unspecified atom stereocenters. The molecule has 1 rings (SSSR count). The highest BCUT2D eigenvalue weighted by Gasteiger charge is 2.17. The third-order valence-electron chi connectivity index (χ3n) is 2.26. The van der Waals surface area contributed by atoms with Crippen molar-refractivity contribution in [2.75, 3.05) is 18.0 Å². The van der Waals surface area contributed by atoms with Crippen LogP contribution in [0.15, 0.2) is 4.42 Å². The van der Waals surface area contributed by atoms with E-state index in [9.17, 15) is 4.79 Å². The van der Waals surface area contributed by atoms with Gasteiger partial charge in [-0.2, -0.15) is 0 Å². The minimum absolute atomic E-state index is 0.0765. The Morgan fingerprint density at radius 3 is 2.56 bits per heavy atom. The predicted molar refractivity (Wildman–Crippen MR) is 68.1 cm³/mol. The molecule has 7 nitrogen and oxygen atoms in total. The van der Waals surface area contributed by atoms with E-state index >= 15 is 0 Å². The number of nitrogens with zero attached hydrogens (tertiary/aromatic N) is 3. The third-order valence-corrected chi connectivity index (χ3v) is 2.26. The monoisotopic (exact) mass is 255 g/mol. The molecule has 102 valence electrons. The fourth-order valence-corrected chi connectivity index (χ4v) is 1.39. The first-order chi connectivity index (χ1) is 8.43. The van der Waals surface area contributed by atoms with Crippen molar-refractivity contribution in [3.63, 3.8) is 0 Å². The molecule has 7 heteroatoms. The van der Waals surface area contributed by atoms with E-state index in [0.717, 1.165) is 0 Å². The zero-order valence-corrected chi connectivity index (χ0v) is 11.3. The zero-order chi connectivity index (χ0) is 13.7. The first kappa shape index (κ1) is 14.4. The summed E-state index contributed by atoms with van der Waals surface area (Å²) in [5.74, 6) is 0.292. The van der Waals surface area contributed by atoms with Gasteiger partial charge in [-0.25, -0.2) is 0 Å². The topological polar surface area (TPSA) is 97.3 Å². The van der Waals surface area contributed by atoms with Crippen molar-refractivity contribution in [1.82, 2.24) is 15.5 Å². The average molecular weight is 255 g/mol. The van der Waals surface area contributed by atoms with E-state index in [-0.39, 0.29) is 24.5 Å². The molecule has 18 heavy (non-hydrogen) atoms. The van der Waals surface area contributed by atoms with Crippen LogP contribution in [0.25, 0.3) is 0 Å². The van der Waals surface area contributed by atoms with Crippen molar-refractivity contribution < 1.29 is 9.21 Å². The Morgan fingerprint density at radius 1 is 1.44 bits per heavy atom. The summed E-state index contributed by atoms with van der Waals surface area (Å²) in [4.78, 5) is 13.4. The SMILES string of the molecule is CCN(CC(=O)NC(C)C)c1nnc(C(C)N)o1. The summed E-state index contributed by atoms with van der Waals surface area (Å²) in [7, 11) is 0. The fourth-order valence-electron chi connectivity index (χ4n) is 1.39. The molecular weight excluding hydrogens is 234 g/mol. The van der Waals surface area contributed by atoms with Crippen molar-refractivity contribution >= 4 is 11.9 Å². The lowest BCUT2D eigenvalue weighted by Crippen LogP contribution is -2.40. The van der Waals surface area contributed by atoms with E-state index in [4.69, 9.17) is 10.2 Å². The second-order valence-electron chi connectivity index (χ2n) is 4.45. The number of nitrogens with two attached hydrogens (primary N) is 1. The van der Waals surface area contributed by atoms with E-state index in [1.807, 2.05) is 20.8 Å². The predicted octanol–water partition coefficient (Wildman–Crippen LogP) is 0.440. The molecule has 1 amide bonds. The maximum atomic E-state index is 11.7. The largest absolute Gasteiger partial charge is 0.406 e. The van der Waals surface area contributed by atoms with Gasteiger partial charge >= 0.3 is 6.01 Å². The van der Waals surface area contributed by atoms with Crippen molar-refractivity contribution in [3.05, 3.63) is 5.89 Å². The highest BCUT2D eigenvalue weighted by Crippen LogP contribution is 2.15. The first-order valence-electron chi connectivity index (χ1n) is 6.07. The molecular formula is C11H21N5O2. The zero-order valence-electron chi connectivity index (χ0n) is 11.3. The summed E-state index contributed by atoms with van der Waals surface area (Å²) in [5, 5.41) is 10.5. The number of nitrogens with one attached hydrogen (secondary N) is 1. The quantitative estimate of drug-likeness (QED) is 0.765. The maximum Gasteiger partial charge on any atom is 0.318 e. The van der Waals surface area contributed by atoms with Crippen LogP contribution in [0.4, 0.5) is 6.01 Å². The molecule has 0 spiro atoms. The minimum Gasteiger partial charge on any atom is -0.406 e. The van der Waals surface area contributed by atoms with E-state index in [2.05, 4.69) is 15.5 Å². The molecule has 3 N–H and O–H groups in total. The second-order valence-corrected chi connectivity index (χ2v) is 4.45. The van der Waals surface area contributed by atoms with Gasteiger partial charge in [-0.3, -0.25) is 4.79 Å². The van der Waals surface area contributed by atoms with Crippen molar-refractivity contribution in [2.24, 2.45) is 5.73 Å². The lowest BCUT2D eigenvalue weighted by molar-refractivity contribution is -0.120. The second kappa shape index (κ2) is 6.34. The summed E-state index contributed by atoms with van der Waals surface area (Å²) in [6.45, 7) is 8.29. The number of amides is 1. The smallest absolute Gasteiger partial charge is 0.318 e. The van der Waals surface area contributed by atoms with Crippen LogP contribution in [-0.2, 0) is 4.79 Å². The molecule has 0 fully saturated rings. The van der Waals surface area contributed by atoms with Gasteiger partial charge in [0, 0.05) is 12.6 Å². The number of carbonyl (C=O) groups excluding carboxylic acids is 1. The van der Waals surface area contributed by atoms with Crippen molar-refractivity contribution in [2.45, 2.75) is 39.8 Å². The molecule has 0 bridgehead atoms. The average Bonchev–Trinajstić information content (AvgIpc) is 2.74. The highest BCUT2D eigenvalue weighted by atomic mass is 16.4. The molecule has 0 radical (unpaired) electrons. The van der Waals surface area contributed by atoms with Gasteiger partial charge in [0.25, 0.3) is 0 Å². The number of likely N-dealkylation sites (N-methyl/N-ethyl adjacent to an activating group) is 1. The molecule has 0 aliphatic carbocycles. The molecule has 1 atom stereocenters. The number of carbonyl (C=O) groups is 1. The molecule has 0 saturated carbocycles. The van der Waals surface area contributed by atoms with Crippen LogP contribution in [0.3, 0.4) is 0 Å². The highest BCUT2D eigenvalue weighted by molar-refractivity contribution is 5.80. The Labute approximate surface area is 107 Å². The molecule has 1 heterocycles. The van der Waals surface area contributed by atoms with Gasteiger partial charge in [0.2, 0.25) is 11.8 Å². The molecule has 0 aliphatic rings. The molecule has 1 aromatic rings. The first-order valence-corrected chi connectivity index (χ1v) is 6.07. The van der Waals surface area contributed by atoms with Crippen LogP contribution < -0.4 is 16.0 Å². The standard InChI is InChI=1S/C11H21N5O2/c1-5-16(6-9(17)13-7(2)3)11-15-14-10(18-11)8(4)12/h7-8H,5-6,12H2,1-4H3,(H,13,17). The summed E-state index contributed by atoms with van der Waals surface area (Å²) < 4.78 is 5.40. The van der Waals surface area contributed by atoms with Crippen molar-refractivity contribution in [3.8, 4) is 0 Å². The van der Waals surface area contributed by atoms with Gasteiger partial charge in [-0.05, 0) is 27.7 Å². The van der Waals surface area contributed by atoms with Crippen LogP contribution in [0.2, 0.25) is 0 Å². The summed E-state index contributed by atoms with van der Waals surface area (Å²) >= 11 is 0. The fraction of sp³-hybridized carbons (Fsp3) is 0.727. The van der Waals surface area contributed by atoms with Crippen LogP contribution in [-0.4, -0.2) is 35.2 Å². The van der Waals surface area contributed by atoms with Gasteiger partial charge in [-0.15, -0.1) is 5.10 Å². The Kier molecular flexibility index (Phi) is 5.08. The van der Waals surface area contributed by atoms with E-state index in [1.54, 1.807) is 11.8 Å². The summed E-state index contributed by atoms with van der Waals surface area (Å²) in [5.41, 5.74) is 5.64. The van der Waals surface area contributed by atoms with Crippen LogP contribution in [0, 0.1) is 0 Å². The van der Waals surface area contributed by atoms with Crippen molar-refractivity contribution in [1.29, 1.82) is 0 Å².